The molecule has 1 aromatic heterocycles. The summed E-state index contributed by atoms with van der Waals surface area (Å²) in [6.07, 6.45) is 3.91. The molecule has 0 bridgehead atoms. The van der Waals surface area contributed by atoms with Crippen LogP contribution in [0.3, 0.4) is 0 Å². The SMILES string of the molecule is COC(=O)c1cc(CNC[C@H](C)OC)cn(C2CC2)c1=O. The van der Waals surface area contributed by atoms with E-state index in [0.29, 0.717) is 13.1 Å². The lowest BCUT2D eigenvalue weighted by Gasteiger charge is -2.13. The van der Waals surface area contributed by atoms with E-state index < -0.39 is 5.97 Å². The predicted octanol–water partition coefficient (Wildman–Crippen LogP) is 1.09. The first-order valence-electron chi connectivity index (χ1n) is 7.13. The summed E-state index contributed by atoms with van der Waals surface area (Å²) < 4.78 is 11.5. The summed E-state index contributed by atoms with van der Waals surface area (Å²) in [5, 5.41) is 3.25. The van der Waals surface area contributed by atoms with Crippen LogP contribution in [0.5, 0.6) is 0 Å². The first kappa shape index (κ1) is 15.7. The van der Waals surface area contributed by atoms with Crippen molar-refractivity contribution in [1.82, 2.24) is 9.88 Å². The van der Waals surface area contributed by atoms with E-state index in [-0.39, 0.29) is 23.3 Å². The summed E-state index contributed by atoms with van der Waals surface area (Å²) in [7, 11) is 2.95. The molecule has 1 atom stereocenters. The lowest BCUT2D eigenvalue weighted by molar-refractivity contribution is 0.0597. The number of hydrogen-bond donors (Lipinski definition) is 1. The van der Waals surface area contributed by atoms with Crippen molar-refractivity contribution >= 4 is 5.97 Å². The standard InChI is InChI=1S/C15H22N2O4/c1-10(20-2)7-16-8-11-6-13(15(19)21-3)14(18)17(9-11)12-4-5-12/h6,9-10,12,16H,4-5,7-8H2,1-3H3/t10-/m0/s1. The molecule has 0 aliphatic heterocycles. The molecule has 6 heteroatoms. The molecule has 2 rings (SSSR count). The summed E-state index contributed by atoms with van der Waals surface area (Å²) >= 11 is 0. The van der Waals surface area contributed by atoms with Crippen LogP contribution in [0.2, 0.25) is 0 Å². The fourth-order valence-electron chi connectivity index (χ4n) is 2.14. The van der Waals surface area contributed by atoms with E-state index in [1.165, 1.54) is 7.11 Å². The molecule has 1 aromatic rings. The quantitative estimate of drug-likeness (QED) is 0.762. The van der Waals surface area contributed by atoms with Crippen molar-refractivity contribution in [2.24, 2.45) is 0 Å². The summed E-state index contributed by atoms with van der Waals surface area (Å²) in [6, 6.07) is 1.83. The van der Waals surface area contributed by atoms with Gasteiger partial charge in [-0.25, -0.2) is 4.79 Å². The van der Waals surface area contributed by atoms with Gasteiger partial charge in [-0.1, -0.05) is 0 Å². The number of nitrogens with zero attached hydrogens (tertiary/aromatic N) is 1. The lowest BCUT2D eigenvalue weighted by Crippen LogP contribution is -2.29. The second-order valence-corrected chi connectivity index (χ2v) is 5.37. The summed E-state index contributed by atoms with van der Waals surface area (Å²) in [5.41, 5.74) is 0.729. The van der Waals surface area contributed by atoms with Gasteiger partial charge in [-0.05, 0) is 31.4 Å². The van der Waals surface area contributed by atoms with E-state index >= 15 is 0 Å². The number of pyridine rings is 1. The molecule has 1 saturated carbocycles. The van der Waals surface area contributed by atoms with Crippen molar-refractivity contribution in [3.63, 3.8) is 0 Å². The van der Waals surface area contributed by atoms with Crippen LogP contribution in [0.1, 0.15) is 41.7 Å². The van der Waals surface area contributed by atoms with Crippen molar-refractivity contribution in [2.75, 3.05) is 20.8 Å². The first-order valence-corrected chi connectivity index (χ1v) is 7.13. The van der Waals surface area contributed by atoms with Crippen molar-refractivity contribution in [3.8, 4) is 0 Å². The second-order valence-electron chi connectivity index (χ2n) is 5.37. The molecule has 1 heterocycles. The van der Waals surface area contributed by atoms with E-state index in [4.69, 9.17) is 9.47 Å². The van der Waals surface area contributed by atoms with Crippen LogP contribution >= 0.6 is 0 Å². The van der Waals surface area contributed by atoms with Gasteiger partial charge >= 0.3 is 5.97 Å². The molecule has 6 nitrogen and oxygen atoms in total. The molecule has 0 aromatic carbocycles. The highest BCUT2D eigenvalue weighted by molar-refractivity contribution is 5.89. The maximum absolute atomic E-state index is 12.3. The normalized spacial score (nSPS) is 15.8. The van der Waals surface area contributed by atoms with Crippen LogP contribution in [0.25, 0.3) is 0 Å². The minimum absolute atomic E-state index is 0.100. The monoisotopic (exact) mass is 294 g/mol. The zero-order valence-electron chi connectivity index (χ0n) is 12.7. The van der Waals surface area contributed by atoms with Crippen LogP contribution in [0.15, 0.2) is 17.1 Å². The van der Waals surface area contributed by atoms with E-state index in [1.807, 2.05) is 13.1 Å². The highest BCUT2D eigenvalue weighted by Gasteiger charge is 2.27. The Bertz CT molecular complexity index is 563. The molecule has 0 unspecified atom stereocenters. The molecule has 0 radical (unpaired) electrons. The Morgan fingerprint density at radius 3 is 2.76 bits per heavy atom. The Morgan fingerprint density at radius 1 is 1.48 bits per heavy atom. The van der Waals surface area contributed by atoms with Gasteiger partial charge in [0.25, 0.3) is 5.56 Å². The number of nitrogens with one attached hydrogen (secondary N) is 1. The maximum Gasteiger partial charge on any atom is 0.343 e. The molecular formula is C15H22N2O4. The van der Waals surface area contributed by atoms with Gasteiger partial charge < -0.3 is 19.4 Å². The topological polar surface area (TPSA) is 69.6 Å². The highest BCUT2D eigenvalue weighted by atomic mass is 16.5. The van der Waals surface area contributed by atoms with Gasteiger partial charge in [0.15, 0.2) is 0 Å². The van der Waals surface area contributed by atoms with E-state index in [1.54, 1.807) is 17.7 Å². The zero-order valence-corrected chi connectivity index (χ0v) is 12.7. The predicted molar refractivity (Wildman–Crippen MR) is 78.5 cm³/mol. The maximum atomic E-state index is 12.3. The molecule has 1 aliphatic rings. The van der Waals surface area contributed by atoms with E-state index in [9.17, 15) is 9.59 Å². The van der Waals surface area contributed by atoms with Crippen molar-refractivity contribution in [2.45, 2.75) is 38.5 Å². The second kappa shape index (κ2) is 6.87. The van der Waals surface area contributed by atoms with Crippen LogP contribution < -0.4 is 10.9 Å². The molecule has 21 heavy (non-hydrogen) atoms. The molecule has 1 fully saturated rings. The Labute approximate surface area is 124 Å². The molecule has 0 amide bonds. The van der Waals surface area contributed by atoms with Gasteiger partial charge in [-0.3, -0.25) is 4.79 Å². The summed E-state index contributed by atoms with van der Waals surface area (Å²) in [4.78, 5) is 24.0. The van der Waals surface area contributed by atoms with Crippen LogP contribution in [0, 0.1) is 0 Å². The Hall–Kier alpha value is -1.66. The minimum atomic E-state index is -0.582. The number of carbonyl (C=O) groups excluding carboxylic acids is 1. The van der Waals surface area contributed by atoms with E-state index in [0.717, 1.165) is 18.4 Å². The van der Waals surface area contributed by atoms with Gasteiger partial charge in [-0.15, -0.1) is 0 Å². The number of esters is 1. The Kier molecular flexibility index (Phi) is 5.14. The summed E-state index contributed by atoms with van der Waals surface area (Å²) in [6.45, 7) is 3.25. The number of methoxy groups -OCH3 is 2. The van der Waals surface area contributed by atoms with Gasteiger partial charge in [-0.2, -0.15) is 0 Å². The fourth-order valence-corrected chi connectivity index (χ4v) is 2.14. The van der Waals surface area contributed by atoms with Gasteiger partial charge in [0.2, 0.25) is 0 Å². The van der Waals surface area contributed by atoms with Crippen molar-refractivity contribution < 1.29 is 14.3 Å². The molecular weight excluding hydrogens is 272 g/mol. The summed E-state index contributed by atoms with van der Waals surface area (Å²) in [5.74, 6) is -0.582. The van der Waals surface area contributed by atoms with Crippen molar-refractivity contribution in [1.29, 1.82) is 0 Å². The molecule has 0 saturated heterocycles. The number of rotatable bonds is 7. The number of ether oxygens (including phenoxy) is 2. The average Bonchev–Trinajstić information content (AvgIpc) is 3.32. The van der Waals surface area contributed by atoms with Crippen LogP contribution in [-0.2, 0) is 16.0 Å². The van der Waals surface area contributed by atoms with Crippen LogP contribution in [0.4, 0.5) is 0 Å². The molecule has 1 N–H and O–H groups in total. The average molecular weight is 294 g/mol. The first-order chi connectivity index (χ1) is 10.1. The van der Waals surface area contributed by atoms with Crippen molar-refractivity contribution in [3.05, 3.63) is 33.7 Å². The van der Waals surface area contributed by atoms with Gasteiger partial charge in [0.1, 0.15) is 5.56 Å². The third kappa shape index (κ3) is 3.92. The van der Waals surface area contributed by atoms with E-state index in [2.05, 4.69) is 5.32 Å². The Morgan fingerprint density at radius 2 is 2.19 bits per heavy atom. The van der Waals surface area contributed by atoms with Crippen LogP contribution in [-0.4, -0.2) is 37.4 Å². The molecule has 116 valence electrons. The number of aromatic nitrogens is 1. The number of hydrogen-bond acceptors (Lipinski definition) is 5. The number of carbonyl (C=O) groups is 1. The largest absolute Gasteiger partial charge is 0.465 e. The zero-order chi connectivity index (χ0) is 15.4. The highest BCUT2D eigenvalue weighted by Crippen LogP contribution is 2.33. The Balaban J connectivity index is 2.19. The third-order valence-electron chi connectivity index (χ3n) is 3.61. The molecule has 1 aliphatic carbocycles. The lowest BCUT2D eigenvalue weighted by atomic mass is 10.2. The van der Waals surface area contributed by atoms with Gasteiger partial charge in [0.05, 0.1) is 13.2 Å². The smallest absolute Gasteiger partial charge is 0.343 e. The fraction of sp³-hybridized carbons (Fsp3) is 0.600. The molecule has 0 spiro atoms. The van der Waals surface area contributed by atoms with Gasteiger partial charge in [0, 0.05) is 32.4 Å². The minimum Gasteiger partial charge on any atom is -0.465 e. The third-order valence-corrected chi connectivity index (χ3v) is 3.61.